The Hall–Kier alpha value is -1.40. The second kappa shape index (κ2) is 5.29. The number of benzene rings is 1. The van der Waals surface area contributed by atoms with Crippen molar-refractivity contribution in [1.29, 1.82) is 0 Å². The second-order valence-corrected chi connectivity index (χ2v) is 4.56. The van der Waals surface area contributed by atoms with E-state index in [-0.39, 0.29) is 12.5 Å². The Balaban J connectivity index is 2.05. The minimum Gasteiger partial charge on any atom is -0.323 e. The van der Waals surface area contributed by atoms with Crippen molar-refractivity contribution >= 4 is 39.1 Å². The molecule has 88 valence electrons. The number of nitrogens with one attached hydrogen (secondary N) is 1. The van der Waals surface area contributed by atoms with E-state index < -0.39 is 0 Å². The van der Waals surface area contributed by atoms with Gasteiger partial charge in [-0.05, 0) is 34.1 Å². The maximum atomic E-state index is 11.7. The van der Waals surface area contributed by atoms with Gasteiger partial charge in [-0.3, -0.25) is 4.79 Å². The van der Waals surface area contributed by atoms with Crippen molar-refractivity contribution in [2.24, 2.45) is 0 Å². The van der Waals surface area contributed by atoms with Crippen molar-refractivity contribution in [2.75, 3.05) is 5.32 Å². The van der Waals surface area contributed by atoms with Gasteiger partial charge in [0.2, 0.25) is 5.91 Å². The first kappa shape index (κ1) is 12.1. The minimum absolute atomic E-state index is 0.110. The first-order valence-corrected chi connectivity index (χ1v) is 5.91. The molecule has 0 aliphatic rings. The van der Waals surface area contributed by atoms with Gasteiger partial charge in [-0.2, -0.15) is 0 Å². The molecule has 0 spiro atoms. The number of aromatic nitrogens is 3. The monoisotopic (exact) mass is 314 g/mol. The Labute approximate surface area is 111 Å². The summed E-state index contributed by atoms with van der Waals surface area (Å²) in [5, 5.41) is 10.6. The number of carbonyl (C=O) groups is 1. The normalized spacial score (nSPS) is 10.2. The molecule has 0 saturated carbocycles. The molecule has 1 heterocycles. The maximum absolute atomic E-state index is 11.7. The van der Waals surface area contributed by atoms with E-state index in [1.54, 1.807) is 24.4 Å². The van der Waals surface area contributed by atoms with Crippen LogP contribution in [0.25, 0.3) is 0 Å². The highest BCUT2D eigenvalue weighted by molar-refractivity contribution is 9.10. The maximum Gasteiger partial charge on any atom is 0.246 e. The summed E-state index contributed by atoms with van der Waals surface area (Å²) in [5.41, 5.74) is 0.627. The Kier molecular flexibility index (Phi) is 3.75. The SMILES string of the molecule is O=C(Cn1ccnn1)Nc1cc(Cl)ccc1Br. The van der Waals surface area contributed by atoms with Crippen LogP contribution < -0.4 is 5.32 Å². The summed E-state index contributed by atoms with van der Waals surface area (Å²) >= 11 is 9.17. The predicted octanol–water partition coefficient (Wildman–Crippen LogP) is 2.33. The summed E-state index contributed by atoms with van der Waals surface area (Å²) in [4.78, 5) is 11.7. The van der Waals surface area contributed by atoms with Crippen LogP contribution in [0.2, 0.25) is 5.02 Å². The van der Waals surface area contributed by atoms with Gasteiger partial charge in [0.25, 0.3) is 0 Å². The standard InChI is InChI=1S/C10H8BrClN4O/c11-8-2-1-7(12)5-9(8)14-10(17)6-16-4-3-13-15-16/h1-5H,6H2,(H,14,17). The molecule has 0 saturated heterocycles. The number of amides is 1. The van der Waals surface area contributed by atoms with Gasteiger partial charge in [0.1, 0.15) is 6.54 Å². The quantitative estimate of drug-likeness (QED) is 0.945. The van der Waals surface area contributed by atoms with E-state index in [1.165, 1.54) is 10.9 Å². The predicted molar refractivity (Wildman–Crippen MR) is 67.8 cm³/mol. The van der Waals surface area contributed by atoms with Gasteiger partial charge in [-0.15, -0.1) is 5.10 Å². The third-order valence-electron chi connectivity index (χ3n) is 1.98. The van der Waals surface area contributed by atoms with Gasteiger partial charge >= 0.3 is 0 Å². The van der Waals surface area contributed by atoms with Crippen molar-refractivity contribution in [3.8, 4) is 0 Å². The molecule has 17 heavy (non-hydrogen) atoms. The van der Waals surface area contributed by atoms with Crippen molar-refractivity contribution < 1.29 is 4.79 Å². The largest absolute Gasteiger partial charge is 0.323 e. The molecule has 1 N–H and O–H groups in total. The average Bonchev–Trinajstić information content (AvgIpc) is 2.76. The molecule has 5 nitrogen and oxygen atoms in total. The highest BCUT2D eigenvalue weighted by Crippen LogP contribution is 2.25. The smallest absolute Gasteiger partial charge is 0.246 e. The Morgan fingerprint density at radius 3 is 3.06 bits per heavy atom. The summed E-state index contributed by atoms with van der Waals surface area (Å²) in [6.07, 6.45) is 3.13. The number of nitrogens with zero attached hydrogens (tertiary/aromatic N) is 3. The fraction of sp³-hybridized carbons (Fsp3) is 0.100. The van der Waals surface area contributed by atoms with Gasteiger partial charge < -0.3 is 5.32 Å². The summed E-state index contributed by atoms with van der Waals surface area (Å²) in [6, 6.07) is 5.18. The lowest BCUT2D eigenvalue weighted by molar-refractivity contribution is -0.116. The molecule has 1 aromatic carbocycles. The summed E-state index contributed by atoms with van der Waals surface area (Å²) in [6.45, 7) is 0.110. The summed E-state index contributed by atoms with van der Waals surface area (Å²) < 4.78 is 2.21. The van der Waals surface area contributed by atoms with Gasteiger partial charge in [-0.1, -0.05) is 16.8 Å². The van der Waals surface area contributed by atoms with Crippen LogP contribution in [0, 0.1) is 0 Å². The second-order valence-electron chi connectivity index (χ2n) is 3.27. The first-order chi connectivity index (χ1) is 8.15. The topological polar surface area (TPSA) is 59.8 Å². The van der Waals surface area contributed by atoms with Crippen LogP contribution in [0.15, 0.2) is 35.1 Å². The van der Waals surface area contributed by atoms with E-state index in [0.29, 0.717) is 10.7 Å². The molecular weight excluding hydrogens is 307 g/mol. The average molecular weight is 316 g/mol. The molecule has 0 aliphatic carbocycles. The van der Waals surface area contributed by atoms with E-state index in [2.05, 4.69) is 31.6 Å². The van der Waals surface area contributed by atoms with Crippen molar-refractivity contribution in [3.05, 3.63) is 40.1 Å². The van der Waals surface area contributed by atoms with Crippen LogP contribution in [0.5, 0.6) is 0 Å². The highest BCUT2D eigenvalue weighted by Gasteiger charge is 2.07. The molecule has 2 aromatic rings. The third-order valence-corrected chi connectivity index (χ3v) is 2.91. The van der Waals surface area contributed by atoms with E-state index in [9.17, 15) is 4.79 Å². The van der Waals surface area contributed by atoms with Crippen molar-refractivity contribution in [3.63, 3.8) is 0 Å². The minimum atomic E-state index is -0.196. The van der Waals surface area contributed by atoms with E-state index in [1.807, 2.05) is 0 Å². The molecule has 1 aromatic heterocycles. The van der Waals surface area contributed by atoms with E-state index in [0.717, 1.165) is 4.47 Å². The lowest BCUT2D eigenvalue weighted by atomic mass is 10.3. The Morgan fingerprint density at radius 1 is 1.53 bits per heavy atom. The van der Waals surface area contributed by atoms with Crippen molar-refractivity contribution in [2.45, 2.75) is 6.54 Å². The van der Waals surface area contributed by atoms with Crippen LogP contribution in [-0.2, 0) is 11.3 Å². The summed E-state index contributed by atoms with van der Waals surface area (Å²) in [5.74, 6) is -0.196. The molecule has 0 aliphatic heterocycles. The Morgan fingerprint density at radius 2 is 2.35 bits per heavy atom. The van der Waals surface area contributed by atoms with Crippen LogP contribution >= 0.6 is 27.5 Å². The van der Waals surface area contributed by atoms with Gasteiger partial charge in [0, 0.05) is 15.7 Å². The van der Waals surface area contributed by atoms with Gasteiger partial charge in [0.15, 0.2) is 0 Å². The fourth-order valence-electron chi connectivity index (χ4n) is 1.25. The summed E-state index contributed by atoms with van der Waals surface area (Å²) in [7, 11) is 0. The van der Waals surface area contributed by atoms with Crippen LogP contribution in [-0.4, -0.2) is 20.9 Å². The molecular formula is C10H8BrClN4O. The first-order valence-electron chi connectivity index (χ1n) is 4.74. The third kappa shape index (κ3) is 3.28. The van der Waals surface area contributed by atoms with Gasteiger partial charge in [0.05, 0.1) is 11.9 Å². The molecule has 0 bridgehead atoms. The van der Waals surface area contributed by atoms with Crippen LogP contribution in [0.4, 0.5) is 5.69 Å². The van der Waals surface area contributed by atoms with Crippen LogP contribution in [0.1, 0.15) is 0 Å². The molecule has 0 fully saturated rings. The molecule has 0 radical (unpaired) electrons. The zero-order chi connectivity index (χ0) is 12.3. The Bertz CT molecular complexity index is 529. The molecule has 0 atom stereocenters. The number of hydrogen-bond acceptors (Lipinski definition) is 3. The molecule has 0 unspecified atom stereocenters. The lowest BCUT2D eigenvalue weighted by Gasteiger charge is -2.07. The number of carbonyl (C=O) groups excluding carboxylic acids is 1. The number of hydrogen-bond donors (Lipinski definition) is 1. The zero-order valence-corrected chi connectivity index (χ0v) is 10.9. The van der Waals surface area contributed by atoms with E-state index in [4.69, 9.17) is 11.6 Å². The number of rotatable bonds is 3. The molecule has 7 heteroatoms. The van der Waals surface area contributed by atoms with Crippen LogP contribution in [0.3, 0.4) is 0 Å². The highest BCUT2D eigenvalue weighted by atomic mass is 79.9. The molecule has 2 rings (SSSR count). The molecule has 1 amide bonds. The van der Waals surface area contributed by atoms with Crippen molar-refractivity contribution in [1.82, 2.24) is 15.0 Å². The number of anilines is 1. The van der Waals surface area contributed by atoms with E-state index >= 15 is 0 Å². The zero-order valence-electron chi connectivity index (χ0n) is 8.60. The number of halogens is 2. The van der Waals surface area contributed by atoms with Gasteiger partial charge in [-0.25, -0.2) is 4.68 Å². The lowest BCUT2D eigenvalue weighted by Crippen LogP contribution is -2.19. The fourth-order valence-corrected chi connectivity index (χ4v) is 1.77.